The second-order valence-corrected chi connectivity index (χ2v) is 7.31. The molecule has 2 fully saturated rings. The minimum atomic E-state index is -0.395. The molecule has 2 aliphatic rings. The second kappa shape index (κ2) is 8.30. The van der Waals surface area contributed by atoms with E-state index in [4.69, 9.17) is 11.6 Å². The number of hydrogen-bond donors (Lipinski definition) is 3. The van der Waals surface area contributed by atoms with E-state index in [-0.39, 0.29) is 11.9 Å². The predicted molar refractivity (Wildman–Crippen MR) is 94.9 cm³/mol. The van der Waals surface area contributed by atoms with Crippen molar-refractivity contribution in [3.63, 3.8) is 0 Å². The molecular weight excluding hydrogens is 326 g/mol. The van der Waals surface area contributed by atoms with Gasteiger partial charge in [0.15, 0.2) is 0 Å². The van der Waals surface area contributed by atoms with Crippen molar-refractivity contribution in [1.82, 2.24) is 15.5 Å². The summed E-state index contributed by atoms with van der Waals surface area (Å²) in [6, 6.07) is 7.77. The zero-order valence-electron chi connectivity index (χ0n) is 13.9. The van der Waals surface area contributed by atoms with Crippen LogP contribution in [0.5, 0.6) is 0 Å². The summed E-state index contributed by atoms with van der Waals surface area (Å²) >= 11 is 6.23. The molecule has 0 saturated carbocycles. The molecule has 2 heterocycles. The maximum atomic E-state index is 12.1. The number of likely N-dealkylation sites (tertiary alicyclic amines) is 1. The molecule has 1 aromatic rings. The lowest BCUT2D eigenvalue weighted by molar-refractivity contribution is -0.123. The zero-order chi connectivity index (χ0) is 16.9. The number of aliphatic hydroxyl groups excluding tert-OH is 1. The van der Waals surface area contributed by atoms with Crippen LogP contribution in [0, 0.1) is 5.92 Å². The lowest BCUT2D eigenvalue weighted by atomic mass is 9.96. The van der Waals surface area contributed by atoms with Gasteiger partial charge >= 0.3 is 0 Å². The number of benzene rings is 1. The Morgan fingerprint density at radius 1 is 1.33 bits per heavy atom. The van der Waals surface area contributed by atoms with Gasteiger partial charge in [0.25, 0.3) is 0 Å². The van der Waals surface area contributed by atoms with Crippen molar-refractivity contribution in [2.45, 2.75) is 38.0 Å². The Kier molecular flexibility index (Phi) is 6.11. The fraction of sp³-hybridized carbons (Fsp3) is 0.611. The van der Waals surface area contributed by atoms with E-state index >= 15 is 0 Å². The molecule has 0 unspecified atom stereocenters. The number of carbonyl (C=O) groups is 1. The van der Waals surface area contributed by atoms with Crippen molar-refractivity contribution in [3.05, 3.63) is 34.9 Å². The number of rotatable bonds is 5. The van der Waals surface area contributed by atoms with Crippen LogP contribution >= 0.6 is 11.6 Å². The van der Waals surface area contributed by atoms with Crippen molar-refractivity contribution in [1.29, 1.82) is 0 Å². The van der Waals surface area contributed by atoms with Crippen molar-refractivity contribution < 1.29 is 9.90 Å². The molecule has 5 nitrogen and oxygen atoms in total. The number of nitrogens with one attached hydrogen (secondary N) is 2. The third-order valence-corrected chi connectivity index (χ3v) is 5.42. The highest BCUT2D eigenvalue weighted by atomic mass is 35.5. The van der Waals surface area contributed by atoms with Crippen LogP contribution in [0.1, 0.15) is 24.8 Å². The molecule has 2 saturated heterocycles. The molecule has 1 amide bonds. The Bertz CT molecular complexity index is 561. The molecule has 0 aliphatic carbocycles. The predicted octanol–water partition coefficient (Wildman–Crippen LogP) is 1.39. The van der Waals surface area contributed by atoms with Crippen LogP contribution in [0.15, 0.2) is 24.3 Å². The van der Waals surface area contributed by atoms with Crippen molar-refractivity contribution in [2.24, 2.45) is 5.92 Å². The van der Waals surface area contributed by atoms with Gasteiger partial charge in [-0.2, -0.15) is 0 Å². The normalized spacial score (nSPS) is 25.8. The largest absolute Gasteiger partial charge is 0.392 e. The van der Waals surface area contributed by atoms with E-state index in [1.165, 1.54) is 5.56 Å². The van der Waals surface area contributed by atoms with Gasteiger partial charge in [-0.05, 0) is 49.9 Å². The fourth-order valence-electron chi connectivity index (χ4n) is 3.50. The van der Waals surface area contributed by atoms with Crippen molar-refractivity contribution in [2.75, 3.05) is 26.2 Å². The van der Waals surface area contributed by atoms with E-state index < -0.39 is 6.10 Å². The van der Waals surface area contributed by atoms with Gasteiger partial charge in [-0.1, -0.05) is 29.8 Å². The average molecular weight is 352 g/mol. The molecule has 0 aromatic heterocycles. The van der Waals surface area contributed by atoms with E-state index in [0.717, 1.165) is 44.0 Å². The molecule has 0 bridgehead atoms. The third kappa shape index (κ3) is 4.70. The van der Waals surface area contributed by atoms with Gasteiger partial charge in [0.2, 0.25) is 5.91 Å². The van der Waals surface area contributed by atoms with Crippen LogP contribution in [-0.2, 0) is 11.3 Å². The van der Waals surface area contributed by atoms with Gasteiger partial charge in [-0.15, -0.1) is 0 Å². The van der Waals surface area contributed by atoms with E-state index in [0.29, 0.717) is 18.9 Å². The van der Waals surface area contributed by atoms with Crippen LogP contribution < -0.4 is 10.6 Å². The summed E-state index contributed by atoms with van der Waals surface area (Å²) < 4.78 is 0. The molecule has 1 aromatic carbocycles. The molecule has 3 rings (SSSR count). The van der Waals surface area contributed by atoms with Gasteiger partial charge in [0.1, 0.15) is 0 Å². The standard InChI is InChI=1S/C18H26ClN3O2/c19-16-4-2-1-3-14(16)12-22-7-5-13(6-8-22)10-21-18(24)17-9-15(23)11-20-17/h1-4,13,15,17,20,23H,5-12H2,(H,21,24)/t15-,17-/m1/s1. The molecule has 3 N–H and O–H groups in total. The quantitative estimate of drug-likeness (QED) is 0.750. The number of carbonyl (C=O) groups excluding carboxylic acids is 1. The van der Waals surface area contributed by atoms with Gasteiger partial charge in [0, 0.05) is 24.7 Å². The summed E-state index contributed by atoms with van der Waals surface area (Å²) in [4.78, 5) is 14.5. The molecule has 24 heavy (non-hydrogen) atoms. The number of amides is 1. The molecule has 0 spiro atoms. The van der Waals surface area contributed by atoms with Crippen LogP contribution in [0.25, 0.3) is 0 Å². The highest BCUT2D eigenvalue weighted by molar-refractivity contribution is 6.31. The first-order chi connectivity index (χ1) is 11.6. The fourth-order valence-corrected chi connectivity index (χ4v) is 3.70. The van der Waals surface area contributed by atoms with Crippen LogP contribution in [0.3, 0.4) is 0 Å². The Hall–Kier alpha value is -1.14. The summed E-state index contributed by atoms with van der Waals surface area (Å²) in [7, 11) is 0. The summed E-state index contributed by atoms with van der Waals surface area (Å²) in [5, 5.41) is 16.4. The molecular formula is C18H26ClN3O2. The molecule has 6 heteroatoms. The molecule has 0 radical (unpaired) electrons. The Morgan fingerprint density at radius 2 is 2.08 bits per heavy atom. The first-order valence-electron chi connectivity index (χ1n) is 8.76. The van der Waals surface area contributed by atoms with Gasteiger partial charge in [-0.25, -0.2) is 0 Å². The summed E-state index contributed by atoms with van der Waals surface area (Å²) in [6.07, 6.45) is 2.30. The van der Waals surface area contributed by atoms with E-state index in [9.17, 15) is 9.90 Å². The Morgan fingerprint density at radius 3 is 2.75 bits per heavy atom. The lowest BCUT2D eigenvalue weighted by Gasteiger charge is -2.32. The maximum Gasteiger partial charge on any atom is 0.237 e. The van der Waals surface area contributed by atoms with Crippen molar-refractivity contribution in [3.8, 4) is 0 Å². The smallest absolute Gasteiger partial charge is 0.237 e. The maximum absolute atomic E-state index is 12.1. The van der Waals surface area contributed by atoms with Gasteiger partial charge < -0.3 is 15.7 Å². The number of hydrogen-bond acceptors (Lipinski definition) is 4. The van der Waals surface area contributed by atoms with Gasteiger partial charge in [-0.3, -0.25) is 9.69 Å². The van der Waals surface area contributed by atoms with E-state index in [2.05, 4.69) is 21.6 Å². The number of aliphatic hydroxyl groups is 1. The first kappa shape index (κ1) is 17.7. The van der Waals surface area contributed by atoms with E-state index in [1.807, 2.05) is 18.2 Å². The number of nitrogens with zero attached hydrogens (tertiary/aromatic N) is 1. The summed E-state index contributed by atoms with van der Waals surface area (Å²) in [6.45, 7) is 4.20. The van der Waals surface area contributed by atoms with Gasteiger partial charge in [0.05, 0.1) is 12.1 Å². The Balaban J connectivity index is 1.38. The van der Waals surface area contributed by atoms with Crippen LogP contribution in [-0.4, -0.2) is 54.2 Å². The monoisotopic (exact) mass is 351 g/mol. The van der Waals surface area contributed by atoms with Crippen LogP contribution in [0.4, 0.5) is 0 Å². The third-order valence-electron chi connectivity index (χ3n) is 5.05. The number of piperidine rings is 1. The molecule has 2 aliphatic heterocycles. The van der Waals surface area contributed by atoms with Crippen LogP contribution in [0.2, 0.25) is 5.02 Å². The minimum absolute atomic E-state index is 0.0186. The highest BCUT2D eigenvalue weighted by Gasteiger charge is 2.28. The number of β-amino-alcohol motifs (C(OH)–C–C–N with tert-alkyl or cyclic N) is 1. The lowest BCUT2D eigenvalue weighted by Crippen LogP contribution is -2.44. The SMILES string of the molecule is O=C(NCC1CCN(Cc2ccccc2Cl)CC1)[C@H]1C[C@@H](O)CN1. The van der Waals surface area contributed by atoms with E-state index in [1.54, 1.807) is 0 Å². The molecule has 132 valence electrons. The summed E-state index contributed by atoms with van der Waals surface area (Å²) in [5.41, 5.74) is 1.18. The first-order valence-corrected chi connectivity index (χ1v) is 9.14. The topological polar surface area (TPSA) is 64.6 Å². The minimum Gasteiger partial charge on any atom is -0.392 e. The second-order valence-electron chi connectivity index (χ2n) is 6.91. The zero-order valence-corrected chi connectivity index (χ0v) is 14.6. The van der Waals surface area contributed by atoms with Crippen molar-refractivity contribution >= 4 is 17.5 Å². The molecule has 2 atom stereocenters. The average Bonchev–Trinajstić information content (AvgIpc) is 3.03. The number of halogens is 1. The summed E-state index contributed by atoms with van der Waals surface area (Å²) in [5.74, 6) is 0.549. The highest BCUT2D eigenvalue weighted by Crippen LogP contribution is 2.22. The Labute approximate surface area is 148 Å².